The van der Waals surface area contributed by atoms with E-state index in [4.69, 9.17) is 20.9 Å². The normalized spacial score (nSPS) is 14.7. The number of rotatable bonds is 7. The summed E-state index contributed by atoms with van der Waals surface area (Å²) in [5, 5.41) is 1.93. The molecule has 42 heavy (non-hydrogen) atoms. The van der Waals surface area contributed by atoms with Crippen LogP contribution in [0.5, 0.6) is 5.75 Å². The molecule has 7 heteroatoms. The van der Waals surface area contributed by atoms with Gasteiger partial charge in [-0.3, -0.25) is 9.36 Å². The fraction of sp³-hybridized carbons (Fsp3) is 0.114. The Morgan fingerprint density at radius 3 is 2.45 bits per heavy atom. The Balaban J connectivity index is 1.66. The van der Waals surface area contributed by atoms with Crippen LogP contribution in [0.3, 0.4) is 0 Å². The van der Waals surface area contributed by atoms with Gasteiger partial charge in [0, 0.05) is 11.1 Å². The van der Waals surface area contributed by atoms with Gasteiger partial charge in [-0.25, -0.2) is 9.79 Å². The van der Waals surface area contributed by atoms with Gasteiger partial charge in [0.05, 0.1) is 28.5 Å². The number of thiazole rings is 1. The van der Waals surface area contributed by atoms with Crippen molar-refractivity contribution in [2.45, 2.75) is 13.0 Å². The largest absolute Gasteiger partial charge is 0.480 e. The molecule has 2 heterocycles. The fourth-order valence-electron chi connectivity index (χ4n) is 5.19. The Hall–Kier alpha value is -5.19. The standard InChI is InChI=1S/C35H26N2O4S/c1-3-21-41-28-20-19-23-13-11-12-18-26(23)27(28)22-29-33(38)37-32(25-16-9-6-10-17-25)30(34(39)40-4-2)31(36-35(37)42-29)24-14-7-5-8-15-24/h1,5-20,22,32H,4,21H2,2H3/b29-22-/t32-/m1/s1. The number of hydrogen-bond acceptors (Lipinski definition) is 6. The summed E-state index contributed by atoms with van der Waals surface area (Å²) in [5.41, 5.74) is 2.82. The predicted molar refractivity (Wildman–Crippen MR) is 166 cm³/mol. The molecule has 0 bridgehead atoms. The molecule has 0 aliphatic carbocycles. The zero-order chi connectivity index (χ0) is 29.1. The number of nitrogens with zero attached hydrogens (tertiary/aromatic N) is 2. The Kier molecular flexibility index (Phi) is 7.54. The van der Waals surface area contributed by atoms with Gasteiger partial charge in [-0.15, -0.1) is 6.42 Å². The van der Waals surface area contributed by atoms with Crippen LogP contribution < -0.4 is 19.6 Å². The maximum Gasteiger partial charge on any atom is 0.338 e. The van der Waals surface area contributed by atoms with Gasteiger partial charge in [-0.1, -0.05) is 108 Å². The Labute approximate surface area is 246 Å². The minimum absolute atomic E-state index is 0.0950. The van der Waals surface area contributed by atoms with Crippen molar-refractivity contribution in [1.29, 1.82) is 0 Å². The van der Waals surface area contributed by atoms with Crippen molar-refractivity contribution >= 4 is 39.9 Å². The molecule has 0 unspecified atom stereocenters. The molecule has 0 saturated heterocycles. The molecule has 6 rings (SSSR count). The first-order chi connectivity index (χ1) is 20.6. The molecule has 1 atom stereocenters. The van der Waals surface area contributed by atoms with Crippen molar-refractivity contribution in [3.63, 3.8) is 0 Å². The molecule has 5 aromatic rings. The third kappa shape index (κ3) is 4.93. The topological polar surface area (TPSA) is 69.9 Å². The van der Waals surface area contributed by atoms with E-state index in [-0.39, 0.29) is 18.8 Å². The van der Waals surface area contributed by atoms with Crippen LogP contribution in [0, 0.1) is 12.3 Å². The third-order valence-electron chi connectivity index (χ3n) is 7.01. The van der Waals surface area contributed by atoms with Gasteiger partial charge < -0.3 is 9.47 Å². The fourth-order valence-corrected chi connectivity index (χ4v) is 6.17. The second kappa shape index (κ2) is 11.7. The van der Waals surface area contributed by atoms with E-state index in [9.17, 15) is 9.59 Å². The van der Waals surface area contributed by atoms with Gasteiger partial charge in [0.25, 0.3) is 5.56 Å². The molecule has 6 nitrogen and oxygen atoms in total. The van der Waals surface area contributed by atoms with E-state index in [1.54, 1.807) is 11.5 Å². The van der Waals surface area contributed by atoms with Gasteiger partial charge in [-0.2, -0.15) is 0 Å². The van der Waals surface area contributed by atoms with Gasteiger partial charge in [0.2, 0.25) is 0 Å². The molecule has 0 spiro atoms. The summed E-state index contributed by atoms with van der Waals surface area (Å²) >= 11 is 1.27. The summed E-state index contributed by atoms with van der Waals surface area (Å²) in [6, 6.07) is 30.0. The number of terminal acetylenes is 1. The average Bonchev–Trinajstić information content (AvgIpc) is 3.35. The summed E-state index contributed by atoms with van der Waals surface area (Å²) < 4.78 is 13.5. The first-order valence-corrected chi connectivity index (χ1v) is 14.3. The molecule has 4 aromatic carbocycles. The summed E-state index contributed by atoms with van der Waals surface area (Å²) in [4.78, 5) is 33.3. The number of ether oxygens (including phenoxy) is 2. The van der Waals surface area contributed by atoms with E-state index >= 15 is 0 Å². The van der Waals surface area contributed by atoms with E-state index in [2.05, 4.69) is 5.92 Å². The highest BCUT2D eigenvalue weighted by molar-refractivity contribution is 7.07. The van der Waals surface area contributed by atoms with Crippen LogP contribution in [0.15, 0.2) is 112 Å². The van der Waals surface area contributed by atoms with Crippen LogP contribution in [-0.2, 0) is 9.53 Å². The highest BCUT2D eigenvalue weighted by Crippen LogP contribution is 2.35. The van der Waals surface area contributed by atoms with Gasteiger partial charge in [-0.05, 0) is 35.4 Å². The Morgan fingerprint density at radius 1 is 1.00 bits per heavy atom. The molecule has 0 N–H and O–H groups in total. The average molecular weight is 571 g/mol. The zero-order valence-corrected chi connectivity index (χ0v) is 23.6. The van der Waals surface area contributed by atoms with Crippen LogP contribution in [0.25, 0.3) is 22.5 Å². The van der Waals surface area contributed by atoms with E-state index in [0.717, 1.165) is 27.5 Å². The van der Waals surface area contributed by atoms with Crippen molar-refractivity contribution in [1.82, 2.24) is 4.57 Å². The van der Waals surface area contributed by atoms with E-state index in [0.29, 0.717) is 26.4 Å². The molecule has 0 amide bonds. The maximum absolute atomic E-state index is 14.3. The molecule has 0 saturated carbocycles. The van der Waals surface area contributed by atoms with Crippen LogP contribution in [0.2, 0.25) is 0 Å². The number of fused-ring (bicyclic) bond motifs is 2. The molecule has 1 aliphatic rings. The number of hydrogen-bond donors (Lipinski definition) is 0. The van der Waals surface area contributed by atoms with Crippen LogP contribution in [0.4, 0.5) is 0 Å². The number of aromatic nitrogens is 1. The quantitative estimate of drug-likeness (QED) is 0.202. The highest BCUT2D eigenvalue weighted by atomic mass is 32.1. The van der Waals surface area contributed by atoms with E-state index in [1.807, 2.05) is 103 Å². The van der Waals surface area contributed by atoms with Gasteiger partial charge in [0.1, 0.15) is 12.4 Å². The smallest absolute Gasteiger partial charge is 0.338 e. The second-order valence-corrected chi connectivity index (χ2v) is 10.5. The SMILES string of the molecule is C#CCOc1ccc2ccccc2c1/C=c1\sc2n(c1=O)[C@H](c1ccccc1)C(C(=O)OCC)=C(c1ccccc1)N=2. The molecule has 1 aromatic heterocycles. The van der Waals surface area contributed by atoms with Crippen LogP contribution in [-0.4, -0.2) is 23.8 Å². The lowest BCUT2D eigenvalue weighted by molar-refractivity contribution is -0.138. The van der Waals surface area contributed by atoms with Crippen molar-refractivity contribution in [3.05, 3.63) is 139 Å². The third-order valence-corrected chi connectivity index (χ3v) is 7.99. The summed E-state index contributed by atoms with van der Waals surface area (Å²) in [5.74, 6) is 2.58. The highest BCUT2D eigenvalue weighted by Gasteiger charge is 2.35. The van der Waals surface area contributed by atoms with Crippen molar-refractivity contribution in [3.8, 4) is 18.1 Å². The molecular weight excluding hydrogens is 544 g/mol. The molecule has 1 aliphatic heterocycles. The summed E-state index contributed by atoms with van der Waals surface area (Å²) in [6.07, 6.45) is 7.31. The Morgan fingerprint density at radius 2 is 1.71 bits per heavy atom. The lowest BCUT2D eigenvalue weighted by atomic mass is 9.93. The molecule has 206 valence electrons. The number of benzene rings is 4. The van der Waals surface area contributed by atoms with E-state index < -0.39 is 12.0 Å². The Bertz CT molecular complexity index is 2050. The van der Waals surface area contributed by atoms with Crippen molar-refractivity contribution < 1.29 is 14.3 Å². The van der Waals surface area contributed by atoms with E-state index in [1.165, 1.54) is 11.3 Å². The van der Waals surface area contributed by atoms with Gasteiger partial charge in [0.15, 0.2) is 4.80 Å². The summed E-state index contributed by atoms with van der Waals surface area (Å²) in [7, 11) is 0. The zero-order valence-electron chi connectivity index (χ0n) is 22.8. The van der Waals surface area contributed by atoms with Crippen molar-refractivity contribution in [2.24, 2.45) is 4.99 Å². The maximum atomic E-state index is 14.3. The first kappa shape index (κ1) is 27.0. The number of esters is 1. The second-order valence-electron chi connectivity index (χ2n) is 9.53. The molecular formula is C35H26N2O4S. The number of carbonyl (C=O) groups excluding carboxylic acids is 1. The minimum atomic E-state index is -0.733. The molecule has 0 radical (unpaired) electrons. The molecule has 0 fully saturated rings. The van der Waals surface area contributed by atoms with Crippen LogP contribution in [0.1, 0.15) is 29.7 Å². The predicted octanol–water partition coefficient (Wildman–Crippen LogP) is 5.10. The lowest BCUT2D eigenvalue weighted by Crippen LogP contribution is -2.40. The lowest BCUT2D eigenvalue weighted by Gasteiger charge is -2.25. The summed E-state index contributed by atoms with van der Waals surface area (Å²) in [6.45, 7) is 2.05. The monoisotopic (exact) mass is 570 g/mol. The van der Waals surface area contributed by atoms with Gasteiger partial charge >= 0.3 is 5.97 Å². The minimum Gasteiger partial charge on any atom is -0.480 e. The first-order valence-electron chi connectivity index (χ1n) is 13.5. The van der Waals surface area contributed by atoms with Crippen LogP contribution >= 0.6 is 11.3 Å². The van der Waals surface area contributed by atoms with Crippen molar-refractivity contribution in [2.75, 3.05) is 13.2 Å². The number of carbonyl (C=O) groups is 1.